The summed E-state index contributed by atoms with van der Waals surface area (Å²) in [5, 5.41) is 5.47. The van der Waals surface area contributed by atoms with Crippen molar-refractivity contribution in [2.75, 3.05) is 14.2 Å². The smallest absolute Gasteiger partial charge is 0.262 e. The third-order valence-corrected chi connectivity index (χ3v) is 5.26. The van der Waals surface area contributed by atoms with Crippen molar-refractivity contribution in [1.82, 2.24) is 14.7 Å². The van der Waals surface area contributed by atoms with Gasteiger partial charge in [-0.15, -0.1) is 0 Å². The van der Waals surface area contributed by atoms with E-state index in [0.717, 1.165) is 16.6 Å². The van der Waals surface area contributed by atoms with Crippen molar-refractivity contribution in [2.45, 2.75) is 0 Å². The molecule has 5 rings (SSSR count). The van der Waals surface area contributed by atoms with E-state index in [1.807, 2.05) is 54.6 Å². The second-order valence-corrected chi connectivity index (χ2v) is 7.09. The minimum Gasteiger partial charge on any atom is -0.493 e. The summed E-state index contributed by atoms with van der Waals surface area (Å²) in [5.41, 5.74) is 2.03. The van der Waals surface area contributed by atoms with Crippen molar-refractivity contribution in [3.8, 4) is 40.0 Å². The zero-order chi connectivity index (χ0) is 22.1. The molecule has 2 aromatic heterocycles. The summed E-state index contributed by atoms with van der Waals surface area (Å²) in [7, 11) is 3.15. The van der Waals surface area contributed by atoms with Crippen molar-refractivity contribution < 1.29 is 14.0 Å². The summed E-state index contributed by atoms with van der Waals surface area (Å²) in [4.78, 5) is 17.7. The van der Waals surface area contributed by atoms with Gasteiger partial charge in [0.2, 0.25) is 5.82 Å². The first-order valence-corrected chi connectivity index (χ1v) is 9.96. The molecule has 32 heavy (non-hydrogen) atoms. The maximum absolute atomic E-state index is 13.1. The number of methoxy groups -OCH3 is 2. The van der Waals surface area contributed by atoms with E-state index in [-0.39, 0.29) is 5.56 Å². The molecule has 3 aromatic carbocycles. The molecule has 0 atom stereocenters. The number of hydrogen-bond donors (Lipinski definition) is 0. The Hall–Kier alpha value is -4.39. The fourth-order valence-electron chi connectivity index (χ4n) is 3.67. The van der Waals surface area contributed by atoms with Crippen molar-refractivity contribution in [2.24, 2.45) is 0 Å². The first kappa shape index (κ1) is 19.6. The Bertz CT molecular complexity index is 1470. The summed E-state index contributed by atoms with van der Waals surface area (Å²) in [6, 6.07) is 22.2. The average Bonchev–Trinajstić information content (AvgIpc) is 3.34. The Morgan fingerprint density at radius 3 is 2.31 bits per heavy atom. The fraction of sp³-hybridized carbons (Fsp3) is 0.0800. The predicted octanol–water partition coefficient (Wildman–Crippen LogP) is 4.72. The number of ether oxygens (including phenoxy) is 2. The van der Waals surface area contributed by atoms with Crippen molar-refractivity contribution >= 4 is 10.8 Å². The highest BCUT2D eigenvalue weighted by Crippen LogP contribution is 2.33. The molecule has 0 unspecified atom stereocenters. The van der Waals surface area contributed by atoms with E-state index in [9.17, 15) is 4.79 Å². The Morgan fingerprint density at radius 1 is 0.844 bits per heavy atom. The van der Waals surface area contributed by atoms with Crippen LogP contribution in [-0.2, 0) is 0 Å². The Labute approximate surface area is 183 Å². The van der Waals surface area contributed by atoms with E-state index in [1.165, 1.54) is 0 Å². The molecule has 0 bridgehead atoms. The van der Waals surface area contributed by atoms with Crippen LogP contribution < -0.4 is 15.0 Å². The van der Waals surface area contributed by atoms with E-state index >= 15 is 0 Å². The fourth-order valence-corrected chi connectivity index (χ4v) is 3.67. The first-order valence-electron chi connectivity index (χ1n) is 9.96. The molecule has 5 aromatic rings. The standard InChI is InChI=1S/C25H19N3O4/c1-30-21-13-12-16(14-22(21)31-2)23-26-24(32-27-23)20-15-28(17-8-4-3-5-9-17)25(29)19-11-7-6-10-18(19)20/h3-15H,1-2H3. The molecule has 0 radical (unpaired) electrons. The molecule has 0 saturated heterocycles. The van der Waals surface area contributed by atoms with E-state index < -0.39 is 0 Å². The van der Waals surface area contributed by atoms with Crippen LogP contribution in [0.15, 0.2) is 88.3 Å². The Balaban J connectivity index is 1.67. The van der Waals surface area contributed by atoms with E-state index in [0.29, 0.717) is 34.2 Å². The quantitative estimate of drug-likeness (QED) is 0.405. The number of aromatic nitrogens is 3. The van der Waals surface area contributed by atoms with Crippen molar-refractivity contribution in [3.05, 3.63) is 89.3 Å². The van der Waals surface area contributed by atoms with Crippen molar-refractivity contribution in [3.63, 3.8) is 0 Å². The molecule has 0 aliphatic rings. The summed E-state index contributed by atoms with van der Waals surface area (Å²) < 4.78 is 17.9. The van der Waals surface area contributed by atoms with Crippen LogP contribution in [0.3, 0.4) is 0 Å². The van der Waals surface area contributed by atoms with Crippen molar-refractivity contribution in [1.29, 1.82) is 0 Å². The van der Waals surface area contributed by atoms with Gasteiger partial charge in [0.05, 0.1) is 19.8 Å². The van der Waals surface area contributed by atoms with Crippen LogP contribution >= 0.6 is 0 Å². The van der Waals surface area contributed by atoms with Gasteiger partial charge in [-0.05, 0) is 36.4 Å². The number of benzene rings is 3. The zero-order valence-corrected chi connectivity index (χ0v) is 17.5. The maximum Gasteiger partial charge on any atom is 0.262 e. The molecular weight excluding hydrogens is 406 g/mol. The van der Waals surface area contributed by atoms with Gasteiger partial charge in [-0.1, -0.05) is 41.6 Å². The number of pyridine rings is 1. The molecule has 0 aliphatic carbocycles. The van der Waals surface area contributed by atoms with Crippen LogP contribution in [0.4, 0.5) is 0 Å². The lowest BCUT2D eigenvalue weighted by Gasteiger charge is -2.10. The minimum absolute atomic E-state index is 0.116. The lowest BCUT2D eigenvalue weighted by molar-refractivity contribution is 0.355. The molecule has 0 saturated carbocycles. The second kappa shape index (κ2) is 8.03. The first-order chi connectivity index (χ1) is 15.7. The highest BCUT2D eigenvalue weighted by atomic mass is 16.5. The predicted molar refractivity (Wildman–Crippen MR) is 121 cm³/mol. The summed E-state index contributed by atoms with van der Waals surface area (Å²) >= 11 is 0. The molecule has 7 heteroatoms. The summed E-state index contributed by atoms with van der Waals surface area (Å²) in [6.07, 6.45) is 1.74. The van der Waals surface area contributed by atoms with Crippen LogP contribution in [0, 0.1) is 0 Å². The number of nitrogens with zero attached hydrogens (tertiary/aromatic N) is 3. The van der Waals surface area contributed by atoms with Gasteiger partial charge in [0, 0.05) is 28.2 Å². The lowest BCUT2D eigenvalue weighted by Crippen LogP contribution is -2.18. The SMILES string of the molecule is COc1ccc(-c2noc(-c3cn(-c4ccccc4)c(=O)c4ccccc34)n2)cc1OC. The molecule has 2 heterocycles. The number of hydrogen-bond acceptors (Lipinski definition) is 6. The van der Waals surface area contributed by atoms with Crippen LogP contribution in [0.25, 0.3) is 39.3 Å². The Morgan fingerprint density at radius 2 is 1.56 bits per heavy atom. The van der Waals surface area contributed by atoms with E-state index in [4.69, 9.17) is 14.0 Å². The van der Waals surface area contributed by atoms with Gasteiger partial charge in [-0.25, -0.2) is 0 Å². The maximum atomic E-state index is 13.1. The van der Waals surface area contributed by atoms with Crippen LogP contribution in [0.2, 0.25) is 0 Å². The van der Waals surface area contributed by atoms with Gasteiger partial charge in [-0.2, -0.15) is 4.98 Å². The lowest BCUT2D eigenvalue weighted by atomic mass is 10.1. The number of fused-ring (bicyclic) bond motifs is 1. The highest BCUT2D eigenvalue weighted by Gasteiger charge is 2.18. The average molecular weight is 425 g/mol. The largest absolute Gasteiger partial charge is 0.493 e. The zero-order valence-electron chi connectivity index (χ0n) is 17.5. The molecule has 0 amide bonds. The van der Waals surface area contributed by atoms with Gasteiger partial charge in [-0.3, -0.25) is 9.36 Å². The summed E-state index contributed by atoms with van der Waals surface area (Å²) in [6.45, 7) is 0. The topological polar surface area (TPSA) is 79.4 Å². The van der Waals surface area contributed by atoms with Gasteiger partial charge < -0.3 is 14.0 Å². The van der Waals surface area contributed by atoms with Crippen LogP contribution in [0.1, 0.15) is 0 Å². The number of para-hydroxylation sites is 1. The van der Waals surface area contributed by atoms with Gasteiger partial charge >= 0.3 is 0 Å². The summed E-state index contributed by atoms with van der Waals surface area (Å²) in [5.74, 6) is 1.90. The van der Waals surface area contributed by atoms with Gasteiger partial charge in [0.25, 0.3) is 11.4 Å². The van der Waals surface area contributed by atoms with Crippen LogP contribution in [-0.4, -0.2) is 28.9 Å². The van der Waals surface area contributed by atoms with Gasteiger partial charge in [0.15, 0.2) is 11.5 Å². The van der Waals surface area contributed by atoms with E-state index in [1.54, 1.807) is 43.2 Å². The normalized spacial score (nSPS) is 10.9. The third-order valence-electron chi connectivity index (χ3n) is 5.26. The van der Waals surface area contributed by atoms with Gasteiger partial charge in [0.1, 0.15) is 0 Å². The molecule has 0 fully saturated rings. The van der Waals surface area contributed by atoms with Crippen LogP contribution in [0.5, 0.6) is 11.5 Å². The third kappa shape index (κ3) is 3.30. The second-order valence-electron chi connectivity index (χ2n) is 7.09. The molecule has 0 aliphatic heterocycles. The molecule has 0 N–H and O–H groups in total. The monoisotopic (exact) mass is 425 g/mol. The number of rotatable bonds is 5. The molecule has 0 spiro atoms. The molecular formula is C25H19N3O4. The molecule has 7 nitrogen and oxygen atoms in total. The highest BCUT2D eigenvalue weighted by molar-refractivity contribution is 5.94. The molecule has 158 valence electrons. The van der Waals surface area contributed by atoms with E-state index in [2.05, 4.69) is 10.1 Å². The minimum atomic E-state index is -0.116. The Kier molecular flexibility index (Phi) is 4.91.